The minimum absolute atomic E-state index is 0.0211. The number of imide groups is 1. The van der Waals surface area contributed by atoms with E-state index in [1.807, 2.05) is 4.90 Å². The molecule has 0 radical (unpaired) electrons. The summed E-state index contributed by atoms with van der Waals surface area (Å²) >= 11 is 0. The van der Waals surface area contributed by atoms with Crippen LogP contribution in [0.5, 0.6) is 0 Å². The van der Waals surface area contributed by atoms with E-state index in [9.17, 15) is 14.4 Å². The van der Waals surface area contributed by atoms with Crippen molar-refractivity contribution >= 4 is 17.8 Å². The van der Waals surface area contributed by atoms with Crippen LogP contribution in [0.3, 0.4) is 0 Å². The molecule has 0 aromatic heterocycles. The van der Waals surface area contributed by atoms with Gasteiger partial charge in [0.05, 0.1) is 6.54 Å². The summed E-state index contributed by atoms with van der Waals surface area (Å²) < 4.78 is 0. The first kappa shape index (κ1) is 13.0. The highest BCUT2D eigenvalue weighted by molar-refractivity contribution is 6.01. The van der Waals surface area contributed by atoms with Crippen LogP contribution in [0.25, 0.3) is 0 Å². The maximum atomic E-state index is 11.4. The molecular weight excluding hydrogens is 236 g/mol. The van der Waals surface area contributed by atoms with Gasteiger partial charge in [-0.15, -0.1) is 0 Å². The molecule has 6 heteroatoms. The standard InChI is InChI=1S/C12H18N2O4/c15-10-3-4-11(16)14(10)6-5-13(8-12(17)18)7-9-1-2-9/h9H,1-8H2,(H,17,18). The van der Waals surface area contributed by atoms with Crippen molar-refractivity contribution < 1.29 is 19.5 Å². The minimum atomic E-state index is -0.866. The second kappa shape index (κ2) is 5.48. The third-order valence-corrected chi connectivity index (χ3v) is 3.37. The van der Waals surface area contributed by atoms with Gasteiger partial charge in [-0.1, -0.05) is 0 Å². The Balaban J connectivity index is 1.81. The van der Waals surface area contributed by atoms with E-state index in [0.717, 1.165) is 19.4 Å². The fourth-order valence-corrected chi connectivity index (χ4v) is 2.21. The first-order valence-electron chi connectivity index (χ1n) is 6.33. The topological polar surface area (TPSA) is 77.9 Å². The zero-order chi connectivity index (χ0) is 13.1. The Morgan fingerprint density at radius 2 is 1.89 bits per heavy atom. The molecule has 0 unspecified atom stereocenters. The summed E-state index contributed by atoms with van der Waals surface area (Å²) in [6.07, 6.45) is 2.89. The average Bonchev–Trinajstić information content (AvgIpc) is 3.03. The highest BCUT2D eigenvalue weighted by atomic mass is 16.4. The fourth-order valence-electron chi connectivity index (χ4n) is 2.21. The van der Waals surface area contributed by atoms with E-state index in [0.29, 0.717) is 31.8 Å². The van der Waals surface area contributed by atoms with E-state index in [1.54, 1.807) is 0 Å². The lowest BCUT2D eigenvalue weighted by Crippen LogP contribution is -2.40. The van der Waals surface area contributed by atoms with Gasteiger partial charge >= 0.3 is 5.97 Å². The summed E-state index contributed by atoms with van der Waals surface area (Å²) in [4.78, 5) is 36.7. The summed E-state index contributed by atoms with van der Waals surface area (Å²) in [5, 5.41) is 8.82. The Kier molecular flexibility index (Phi) is 3.96. The highest BCUT2D eigenvalue weighted by Gasteiger charge is 2.30. The molecule has 2 aliphatic rings. The first-order chi connectivity index (χ1) is 8.56. The molecule has 0 aromatic carbocycles. The molecule has 1 aliphatic carbocycles. The van der Waals surface area contributed by atoms with E-state index in [1.165, 1.54) is 4.90 Å². The largest absolute Gasteiger partial charge is 0.480 e. The molecule has 1 heterocycles. The minimum Gasteiger partial charge on any atom is -0.480 e. The van der Waals surface area contributed by atoms with E-state index in [2.05, 4.69) is 0 Å². The molecule has 1 N–H and O–H groups in total. The van der Waals surface area contributed by atoms with E-state index in [4.69, 9.17) is 5.11 Å². The van der Waals surface area contributed by atoms with E-state index in [-0.39, 0.29) is 18.4 Å². The summed E-state index contributed by atoms with van der Waals surface area (Å²) in [5.74, 6) is -0.549. The van der Waals surface area contributed by atoms with Crippen LogP contribution < -0.4 is 0 Å². The predicted molar refractivity (Wildman–Crippen MR) is 62.8 cm³/mol. The van der Waals surface area contributed by atoms with E-state index >= 15 is 0 Å². The molecule has 0 spiro atoms. The first-order valence-corrected chi connectivity index (χ1v) is 6.33. The molecule has 1 saturated heterocycles. The zero-order valence-electron chi connectivity index (χ0n) is 10.3. The van der Waals surface area contributed by atoms with Gasteiger partial charge in [0, 0.05) is 32.5 Å². The van der Waals surface area contributed by atoms with Gasteiger partial charge in [0.1, 0.15) is 0 Å². The molecule has 2 amide bonds. The van der Waals surface area contributed by atoms with Crippen LogP contribution in [0.15, 0.2) is 0 Å². The number of carbonyl (C=O) groups is 3. The smallest absolute Gasteiger partial charge is 0.317 e. The molecule has 0 bridgehead atoms. The van der Waals surface area contributed by atoms with Crippen molar-refractivity contribution in [3.05, 3.63) is 0 Å². The van der Waals surface area contributed by atoms with Crippen LogP contribution in [0.2, 0.25) is 0 Å². The molecule has 0 atom stereocenters. The number of nitrogens with zero attached hydrogens (tertiary/aromatic N) is 2. The number of carboxylic acid groups (broad SMARTS) is 1. The van der Waals surface area contributed by atoms with Gasteiger partial charge in [-0.05, 0) is 18.8 Å². The number of carbonyl (C=O) groups excluding carboxylic acids is 2. The van der Waals surface area contributed by atoms with Gasteiger partial charge < -0.3 is 5.11 Å². The van der Waals surface area contributed by atoms with Crippen molar-refractivity contribution in [3.63, 3.8) is 0 Å². The van der Waals surface area contributed by atoms with Crippen molar-refractivity contribution in [1.29, 1.82) is 0 Å². The average molecular weight is 254 g/mol. The van der Waals surface area contributed by atoms with Crippen LogP contribution in [-0.4, -0.2) is 58.9 Å². The number of rotatable bonds is 7. The number of hydrogen-bond donors (Lipinski definition) is 1. The predicted octanol–water partition coefficient (Wildman–Crippen LogP) is -0.0680. The van der Waals surface area contributed by atoms with Gasteiger partial charge in [0.25, 0.3) is 0 Å². The quantitative estimate of drug-likeness (QED) is 0.644. The fraction of sp³-hybridized carbons (Fsp3) is 0.750. The molecule has 2 fully saturated rings. The second-order valence-corrected chi connectivity index (χ2v) is 5.01. The number of hydrogen-bond acceptors (Lipinski definition) is 4. The van der Waals surface area contributed by atoms with Gasteiger partial charge in [-0.3, -0.25) is 24.2 Å². The van der Waals surface area contributed by atoms with Crippen LogP contribution in [0, 0.1) is 5.92 Å². The summed E-state index contributed by atoms with van der Waals surface area (Å²) in [7, 11) is 0. The number of carboxylic acids is 1. The molecule has 100 valence electrons. The van der Waals surface area contributed by atoms with Crippen LogP contribution in [-0.2, 0) is 14.4 Å². The summed E-state index contributed by atoms with van der Waals surface area (Å²) in [5.41, 5.74) is 0. The maximum Gasteiger partial charge on any atom is 0.317 e. The second-order valence-electron chi connectivity index (χ2n) is 5.01. The van der Waals surface area contributed by atoms with Gasteiger partial charge in [-0.25, -0.2) is 0 Å². The van der Waals surface area contributed by atoms with Crippen molar-refractivity contribution in [3.8, 4) is 0 Å². The van der Waals surface area contributed by atoms with Crippen LogP contribution in [0.1, 0.15) is 25.7 Å². The third-order valence-electron chi connectivity index (χ3n) is 3.37. The Morgan fingerprint density at radius 1 is 1.28 bits per heavy atom. The summed E-state index contributed by atoms with van der Waals surface area (Å²) in [6, 6.07) is 0. The third kappa shape index (κ3) is 3.53. The summed E-state index contributed by atoms with van der Waals surface area (Å²) in [6.45, 7) is 1.51. The van der Waals surface area contributed by atoms with Crippen molar-refractivity contribution in [2.24, 2.45) is 5.92 Å². The Hall–Kier alpha value is -1.43. The molecule has 2 rings (SSSR count). The number of aliphatic carboxylic acids is 1. The van der Waals surface area contributed by atoms with Crippen molar-refractivity contribution in [1.82, 2.24) is 9.80 Å². The molecule has 1 saturated carbocycles. The van der Waals surface area contributed by atoms with Crippen molar-refractivity contribution in [2.45, 2.75) is 25.7 Å². The Labute approximate surface area is 106 Å². The van der Waals surface area contributed by atoms with Gasteiger partial charge in [0.15, 0.2) is 0 Å². The lowest BCUT2D eigenvalue weighted by Gasteiger charge is -2.22. The van der Waals surface area contributed by atoms with Crippen molar-refractivity contribution in [2.75, 3.05) is 26.2 Å². The van der Waals surface area contributed by atoms with Crippen LogP contribution in [0.4, 0.5) is 0 Å². The SMILES string of the molecule is O=C(O)CN(CCN1C(=O)CCC1=O)CC1CC1. The highest BCUT2D eigenvalue weighted by Crippen LogP contribution is 2.29. The number of amides is 2. The van der Waals surface area contributed by atoms with Gasteiger partial charge in [0.2, 0.25) is 11.8 Å². The van der Waals surface area contributed by atoms with E-state index < -0.39 is 5.97 Å². The maximum absolute atomic E-state index is 11.4. The molecule has 1 aliphatic heterocycles. The molecule has 6 nitrogen and oxygen atoms in total. The Morgan fingerprint density at radius 3 is 2.39 bits per heavy atom. The molecule has 0 aromatic rings. The Bertz CT molecular complexity index is 349. The lowest BCUT2D eigenvalue weighted by atomic mass is 10.3. The number of likely N-dealkylation sites (tertiary alicyclic amines) is 1. The zero-order valence-corrected chi connectivity index (χ0v) is 10.3. The van der Waals surface area contributed by atoms with Crippen LogP contribution >= 0.6 is 0 Å². The normalized spacial score (nSPS) is 19.9. The molecular formula is C12H18N2O4. The molecule has 18 heavy (non-hydrogen) atoms. The van der Waals surface area contributed by atoms with Gasteiger partial charge in [-0.2, -0.15) is 0 Å². The monoisotopic (exact) mass is 254 g/mol. The lowest BCUT2D eigenvalue weighted by molar-refractivity contribution is -0.138.